The summed E-state index contributed by atoms with van der Waals surface area (Å²) >= 11 is 0. The lowest BCUT2D eigenvalue weighted by molar-refractivity contribution is -0.137. The lowest BCUT2D eigenvalue weighted by Gasteiger charge is -2.29. The summed E-state index contributed by atoms with van der Waals surface area (Å²) < 4.78 is 0. The first-order chi connectivity index (χ1) is 8.63. The van der Waals surface area contributed by atoms with Crippen molar-refractivity contribution in [2.75, 3.05) is 13.6 Å². The van der Waals surface area contributed by atoms with Gasteiger partial charge >= 0.3 is 0 Å². The Kier molecular flexibility index (Phi) is 4.89. The van der Waals surface area contributed by atoms with Crippen molar-refractivity contribution in [1.29, 1.82) is 0 Å². The monoisotopic (exact) mass is 248 g/mol. The number of likely N-dealkylation sites (N-methyl/N-ethyl adjacent to an activating group) is 2. The number of rotatable bonds is 5. The van der Waals surface area contributed by atoms with E-state index in [9.17, 15) is 9.59 Å². The molecule has 0 saturated heterocycles. The topological polar surface area (TPSA) is 58.2 Å². The highest BCUT2D eigenvalue weighted by Gasteiger charge is 2.45. The van der Waals surface area contributed by atoms with Gasteiger partial charge in [-0.1, -0.05) is 37.3 Å². The maximum atomic E-state index is 12.3. The molecule has 18 heavy (non-hydrogen) atoms. The van der Waals surface area contributed by atoms with Gasteiger partial charge in [0.2, 0.25) is 11.8 Å². The van der Waals surface area contributed by atoms with Crippen LogP contribution in [-0.2, 0) is 15.0 Å². The number of nitrogens with one attached hydrogen (secondary N) is 2. The summed E-state index contributed by atoms with van der Waals surface area (Å²) in [6.45, 7) is 4.19. The minimum absolute atomic E-state index is 0.252. The summed E-state index contributed by atoms with van der Waals surface area (Å²) in [5.74, 6) is -0.528. The minimum atomic E-state index is -1.15. The van der Waals surface area contributed by atoms with Gasteiger partial charge in [0, 0.05) is 13.6 Å². The van der Waals surface area contributed by atoms with E-state index in [0.29, 0.717) is 13.0 Å². The Hall–Kier alpha value is -1.84. The van der Waals surface area contributed by atoms with Gasteiger partial charge in [-0.05, 0) is 18.9 Å². The molecule has 0 aliphatic rings. The molecule has 0 saturated carbocycles. The van der Waals surface area contributed by atoms with E-state index < -0.39 is 5.41 Å². The van der Waals surface area contributed by atoms with Crippen LogP contribution in [0.15, 0.2) is 30.3 Å². The third-order valence-corrected chi connectivity index (χ3v) is 3.14. The second kappa shape index (κ2) is 6.19. The highest BCUT2D eigenvalue weighted by atomic mass is 16.2. The standard InChI is InChI=1S/C14H20N2O2/c1-4-14(12(17)15-3,13(18)16-5-2)11-9-7-6-8-10-11/h6-10H,4-5H2,1-3H3,(H,15,17)(H,16,18). The van der Waals surface area contributed by atoms with E-state index in [0.717, 1.165) is 5.56 Å². The van der Waals surface area contributed by atoms with Crippen molar-refractivity contribution in [3.8, 4) is 0 Å². The number of hydrogen-bond donors (Lipinski definition) is 2. The molecule has 98 valence electrons. The molecule has 4 heteroatoms. The SMILES string of the molecule is CCNC(=O)C(CC)(C(=O)NC)c1ccccc1. The van der Waals surface area contributed by atoms with Crippen molar-refractivity contribution in [3.63, 3.8) is 0 Å². The van der Waals surface area contributed by atoms with Crippen molar-refractivity contribution in [2.45, 2.75) is 25.7 Å². The summed E-state index contributed by atoms with van der Waals surface area (Å²) in [6.07, 6.45) is 0.419. The smallest absolute Gasteiger partial charge is 0.240 e. The van der Waals surface area contributed by atoms with Crippen LogP contribution in [0.2, 0.25) is 0 Å². The largest absolute Gasteiger partial charge is 0.358 e. The fraction of sp³-hybridized carbons (Fsp3) is 0.429. The summed E-state index contributed by atoms with van der Waals surface area (Å²) in [7, 11) is 1.55. The summed E-state index contributed by atoms with van der Waals surface area (Å²) in [6, 6.07) is 9.16. The van der Waals surface area contributed by atoms with E-state index in [2.05, 4.69) is 10.6 Å². The molecule has 4 nitrogen and oxygen atoms in total. The van der Waals surface area contributed by atoms with Crippen LogP contribution in [0.3, 0.4) is 0 Å². The molecular formula is C14H20N2O2. The Morgan fingerprint density at radius 2 is 1.72 bits per heavy atom. The summed E-state index contributed by atoms with van der Waals surface area (Å²) in [5, 5.41) is 5.35. The Morgan fingerprint density at radius 3 is 2.17 bits per heavy atom. The van der Waals surface area contributed by atoms with Gasteiger partial charge < -0.3 is 10.6 Å². The number of amides is 2. The fourth-order valence-electron chi connectivity index (χ4n) is 2.14. The van der Waals surface area contributed by atoms with Gasteiger partial charge in [-0.3, -0.25) is 9.59 Å². The first-order valence-electron chi connectivity index (χ1n) is 6.19. The quantitative estimate of drug-likeness (QED) is 0.770. The molecule has 1 aromatic rings. The van der Waals surface area contributed by atoms with Crippen molar-refractivity contribution >= 4 is 11.8 Å². The zero-order valence-electron chi connectivity index (χ0n) is 11.1. The van der Waals surface area contributed by atoms with Crippen LogP contribution in [0.1, 0.15) is 25.8 Å². The van der Waals surface area contributed by atoms with Gasteiger partial charge in [0.25, 0.3) is 0 Å². The molecule has 0 bridgehead atoms. The van der Waals surface area contributed by atoms with Crippen LogP contribution in [0.25, 0.3) is 0 Å². The molecule has 0 aliphatic heterocycles. The molecule has 2 N–H and O–H groups in total. The molecule has 1 aromatic carbocycles. The second-order valence-corrected chi connectivity index (χ2v) is 4.06. The van der Waals surface area contributed by atoms with Crippen LogP contribution in [0, 0.1) is 0 Å². The predicted octanol–water partition coefficient (Wildman–Crippen LogP) is 1.22. The number of benzene rings is 1. The average molecular weight is 248 g/mol. The van der Waals surface area contributed by atoms with Gasteiger partial charge in [0.15, 0.2) is 5.41 Å². The van der Waals surface area contributed by atoms with E-state index in [4.69, 9.17) is 0 Å². The summed E-state index contributed by atoms with van der Waals surface area (Å²) in [5.41, 5.74) is -0.427. The van der Waals surface area contributed by atoms with E-state index in [1.807, 2.05) is 44.2 Å². The Bertz CT molecular complexity index is 417. The normalized spacial score (nSPS) is 13.5. The third-order valence-electron chi connectivity index (χ3n) is 3.14. The Morgan fingerprint density at radius 1 is 1.11 bits per heavy atom. The highest BCUT2D eigenvalue weighted by Crippen LogP contribution is 2.28. The molecule has 1 atom stereocenters. The molecule has 0 aliphatic carbocycles. The van der Waals surface area contributed by atoms with E-state index in [1.165, 1.54) is 0 Å². The predicted molar refractivity (Wildman–Crippen MR) is 71.2 cm³/mol. The van der Waals surface area contributed by atoms with Crippen LogP contribution in [-0.4, -0.2) is 25.4 Å². The van der Waals surface area contributed by atoms with Gasteiger partial charge in [-0.15, -0.1) is 0 Å². The molecule has 2 amide bonds. The van der Waals surface area contributed by atoms with Gasteiger partial charge in [0.05, 0.1) is 0 Å². The number of carbonyl (C=O) groups is 2. The maximum absolute atomic E-state index is 12.3. The zero-order chi connectivity index (χ0) is 13.6. The molecular weight excluding hydrogens is 228 g/mol. The van der Waals surface area contributed by atoms with Gasteiger partial charge in [-0.2, -0.15) is 0 Å². The highest BCUT2D eigenvalue weighted by molar-refractivity contribution is 6.10. The maximum Gasteiger partial charge on any atom is 0.240 e. The average Bonchev–Trinajstić information content (AvgIpc) is 2.41. The van der Waals surface area contributed by atoms with E-state index >= 15 is 0 Å². The Labute approximate surface area is 108 Å². The zero-order valence-corrected chi connectivity index (χ0v) is 11.1. The van der Waals surface area contributed by atoms with Crippen LogP contribution in [0.5, 0.6) is 0 Å². The Balaban J connectivity index is 3.32. The molecule has 0 heterocycles. The molecule has 0 radical (unpaired) electrons. The van der Waals surface area contributed by atoms with Crippen molar-refractivity contribution in [3.05, 3.63) is 35.9 Å². The van der Waals surface area contributed by atoms with E-state index in [1.54, 1.807) is 7.05 Å². The lowest BCUT2D eigenvalue weighted by atomic mass is 9.76. The van der Waals surface area contributed by atoms with Crippen molar-refractivity contribution in [1.82, 2.24) is 10.6 Å². The van der Waals surface area contributed by atoms with Crippen LogP contribution >= 0.6 is 0 Å². The van der Waals surface area contributed by atoms with Crippen LogP contribution < -0.4 is 10.6 Å². The first-order valence-corrected chi connectivity index (χ1v) is 6.19. The van der Waals surface area contributed by atoms with Crippen molar-refractivity contribution in [2.24, 2.45) is 0 Å². The molecule has 0 fully saturated rings. The summed E-state index contributed by atoms with van der Waals surface area (Å²) in [4.78, 5) is 24.5. The van der Waals surface area contributed by atoms with Crippen LogP contribution in [0.4, 0.5) is 0 Å². The first kappa shape index (κ1) is 14.2. The molecule has 1 unspecified atom stereocenters. The van der Waals surface area contributed by atoms with Gasteiger partial charge in [0.1, 0.15) is 0 Å². The fourth-order valence-corrected chi connectivity index (χ4v) is 2.14. The van der Waals surface area contributed by atoms with E-state index in [-0.39, 0.29) is 11.8 Å². The van der Waals surface area contributed by atoms with Crippen molar-refractivity contribution < 1.29 is 9.59 Å². The second-order valence-electron chi connectivity index (χ2n) is 4.06. The van der Waals surface area contributed by atoms with Gasteiger partial charge in [-0.25, -0.2) is 0 Å². The minimum Gasteiger partial charge on any atom is -0.358 e. The number of hydrogen-bond acceptors (Lipinski definition) is 2. The third kappa shape index (κ3) is 2.37. The lowest BCUT2D eigenvalue weighted by Crippen LogP contribution is -2.53. The molecule has 1 rings (SSSR count). The molecule has 0 spiro atoms. The molecule has 0 aromatic heterocycles. The number of carbonyl (C=O) groups excluding carboxylic acids is 2.